The Morgan fingerprint density at radius 2 is 1.97 bits per heavy atom. The number of carbonyl (C=O) groups is 2. The monoisotopic (exact) mass is 436 g/mol. The molecular weight excluding hydrogens is 416 g/mol. The van der Waals surface area contributed by atoms with Crippen molar-refractivity contribution < 1.29 is 19.1 Å². The number of carbonyl (C=O) groups excluding carboxylic acids is 2. The van der Waals surface area contributed by atoms with E-state index in [-0.39, 0.29) is 18.4 Å². The Kier molecular flexibility index (Phi) is 6.09. The van der Waals surface area contributed by atoms with Gasteiger partial charge in [0.15, 0.2) is 6.61 Å². The minimum Gasteiger partial charge on any atom is -0.497 e. The summed E-state index contributed by atoms with van der Waals surface area (Å²) in [5, 5.41) is 3.24. The van der Waals surface area contributed by atoms with Gasteiger partial charge in [0.25, 0.3) is 11.8 Å². The van der Waals surface area contributed by atoms with Crippen LogP contribution in [-0.4, -0.2) is 30.4 Å². The molecule has 31 heavy (non-hydrogen) atoms. The van der Waals surface area contributed by atoms with Gasteiger partial charge in [-0.05, 0) is 48.0 Å². The first-order valence-electron chi connectivity index (χ1n) is 9.76. The van der Waals surface area contributed by atoms with Crippen molar-refractivity contribution in [2.24, 2.45) is 0 Å². The summed E-state index contributed by atoms with van der Waals surface area (Å²) in [6, 6.07) is 19.8. The molecule has 1 heterocycles. The molecule has 0 saturated carbocycles. The van der Waals surface area contributed by atoms with Crippen LogP contribution in [0.4, 0.5) is 5.69 Å². The van der Waals surface area contributed by atoms with Crippen molar-refractivity contribution in [3.05, 3.63) is 88.4 Å². The van der Waals surface area contributed by atoms with Gasteiger partial charge in [-0.3, -0.25) is 9.59 Å². The fourth-order valence-corrected chi connectivity index (χ4v) is 3.65. The summed E-state index contributed by atoms with van der Waals surface area (Å²) in [5.74, 6) is 0.948. The van der Waals surface area contributed by atoms with Crippen LogP contribution in [0.5, 0.6) is 11.5 Å². The maximum absolute atomic E-state index is 12.6. The van der Waals surface area contributed by atoms with Crippen molar-refractivity contribution in [3.8, 4) is 11.5 Å². The number of halogens is 1. The fraction of sp³-hybridized carbons (Fsp3) is 0.167. The number of rotatable bonds is 5. The second-order valence-electron chi connectivity index (χ2n) is 7.15. The molecule has 0 spiro atoms. The SMILES string of the molecule is COc1cccc(CN2Cc3cc(NC(=O)c4ccccc4Cl)ccc3OCC2=O)c1. The third-order valence-electron chi connectivity index (χ3n) is 5.01. The highest BCUT2D eigenvalue weighted by molar-refractivity contribution is 6.34. The molecule has 0 saturated heterocycles. The van der Waals surface area contributed by atoms with Crippen molar-refractivity contribution in [1.29, 1.82) is 0 Å². The molecule has 1 aliphatic heterocycles. The molecule has 0 radical (unpaired) electrons. The average Bonchev–Trinajstić information content (AvgIpc) is 2.92. The molecule has 3 aromatic carbocycles. The van der Waals surface area contributed by atoms with E-state index in [2.05, 4.69) is 5.32 Å². The van der Waals surface area contributed by atoms with E-state index in [1.807, 2.05) is 30.3 Å². The highest BCUT2D eigenvalue weighted by atomic mass is 35.5. The van der Waals surface area contributed by atoms with Crippen LogP contribution in [0.3, 0.4) is 0 Å². The van der Waals surface area contributed by atoms with E-state index in [4.69, 9.17) is 21.1 Å². The Hall–Kier alpha value is -3.51. The van der Waals surface area contributed by atoms with E-state index in [0.29, 0.717) is 35.1 Å². The molecule has 2 amide bonds. The van der Waals surface area contributed by atoms with E-state index in [0.717, 1.165) is 16.9 Å². The molecule has 0 fully saturated rings. The number of anilines is 1. The first-order chi connectivity index (χ1) is 15.0. The predicted octanol–water partition coefficient (Wildman–Crippen LogP) is 4.52. The van der Waals surface area contributed by atoms with Gasteiger partial charge in [-0.25, -0.2) is 0 Å². The van der Waals surface area contributed by atoms with Crippen LogP contribution in [0, 0.1) is 0 Å². The largest absolute Gasteiger partial charge is 0.497 e. The minimum atomic E-state index is -0.301. The smallest absolute Gasteiger partial charge is 0.261 e. The van der Waals surface area contributed by atoms with E-state index in [1.54, 1.807) is 48.4 Å². The summed E-state index contributed by atoms with van der Waals surface area (Å²) < 4.78 is 11.0. The highest BCUT2D eigenvalue weighted by Gasteiger charge is 2.22. The number of methoxy groups -OCH3 is 1. The molecule has 158 valence electrons. The Morgan fingerprint density at radius 1 is 1.13 bits per heavy atom. The van der Waals surface area contributed by atoms with Gasteiger partial charge in [0.1, 0.15) is 11.5 Å². The number of fused-ring (bicyclic) bond motifs is 1. The molecule has 0 bridgehead atoms. The molecule has 0 aliphatic carbocycles. The van der Waals surface area contributed by atoms with Crippen LogP contribution in [-0.2, 0) is 17.9 Å². The van der Waals surface area contributed by atoms with Gasteiger partial charge in [0.05, 0.1) is 17.7 Å². The molecule has 0 unspecified atom stereocenters. The maximum atomic E-state index is 12.6. The summed E-state index contributed by atoms with van der Waals surface area (Å²) in [7, 11) is 1.61. The zero-order valence-electron chi connectivity index (χ0n) is 16.9. The zero-order valence-corrected chi connectivity index (χ0v) is 17.7. The van der Waals surface area contributed by atoms with Crippen molar-refractivity contribution >= 4 is 29.1 Å². The van der Waals surface area contributed by atoms with Crippen molar-refractivity contribution in [2.75, 3.05) is 19.0 Å². The number of amides is 2. The summed E-state index contributed by atoms with van der Waals surface area (Å²) >= 11 is 6.12. The molecule has 0 atom stereocenters. The number of ether oxygens (including phenoxy) is 2. The van der Waals surface area contributed by atoms with Crippen LogP contribution in [0.2, 0.25) is 5.02 Å². The molecule has 7 heteroatoms. The van der Waals surface area contributed by atoms with E-state index in [9.17, 15) is 9.59 Å². The highest BCUT2D eigenvalue weighted by Crippen LogP contribution is 2.28. The maximum Gasteiger partial charge on any atom is 0.261 e. The number of hydrogen-bond donors (Lipinski definition) is 1. The van der Waals surface area contributed by atoms with Crippen LogP contribution < -0.4 is 14.8 Å². The van der Waals surface area contributed by atoms with Crippen LogP contribution >= 0.6 is 11.6 Å². The topological polar surface area (TPSA) is 67.9 Å². The lowest BCUT2D eigenvalue weighted by atomic mass is 10.1. The Balaban J connectivity index is 1.54. The summed E-state index contributed by atoms with van der Waals surface area (Å²) in [6.07, 6.45) is 0. The second kappa shape index (κ2) is 9.10. The summed E-state index contributed by atoms with van der Waals surface area (Å²) in [4.78, 5) is 26.9. The first-order valence-corrected chi connectivity index (χ1v) is 10.1. The van der Waals surface area contributed by atoms with Crippen molar-refractivity contribution in [2.45, 2.75) is 13.1 Å². The predicted molar refractivity (Wildman–Crippen MR) is 119 cm³/mol. The van der Waals surface area contributed by atoms with Crippen LogP contribution in [0.25, 0.3) is 0 Å². The molecule has 1 N–H and O–H groups in total. The molecule has 6 nitrogen and oxygen atoms in total. The Bertz CT molecular complexity index is 1130. The van der Waals surface area contributed by atoms with Gasteiger partial charge in [-0.2, -0.15) is 0 Å². The van der Waals surface area contributed by atoms with Gasteiger partial charge < -0.3 is 19.7 Å². The van der Waals surface area contributed by atoms with Gasteiger partial charge in [0, 0.05) is 24.3 Å². The minimum absolute atomic E-state index is 0.0394. The van der Waals surface area contributed by atoms with E-state index < -0.39 is 0 Å². The molecule has 3 aromatic rings. The molecular formula is C24H21ClN2O4. The van der Waals surface area contributed by atoms with Crippen molar-refractivity contribution in [1.82, 2.24) is 4.90 Å². The third-order valence-corrected chi connectivity index (χ3v) is 5.34. The van der Waals surface area contributed by atoms with E-state index >= 15 is 0 Å². The lowest BCUT2D eigenvalue weighted by molar-refractivity contribution is -0.133. The van der Waals surface area contributed by atoms with Crippen LogP contribution in [0.1, 0.15) is 21.5 Å². The van der Waals surface area contributed by atoms with Gasteiger partial charge in [-0.1, -0.05) is 35.9 Å². The quantitative estimate of drug-likeness (QED) is 0.638. The summed E-state index contributed by atoms with van der Waals surface area (Å²) in [6.45, 7) is 0.749. The second-order valence-corrected chi connectivity index (χ2v) is 7.55. The molecule has 0 aromatic heterocycles. The number of hydrogen-bond acceptors (Lipinski definition) is 4. The number of nitrogens with one attached hydrogen (secondary N) is 1. The number of benzene rings is 3. The molecule has 4 rings (SSSR count). The number of nitrogens with zero attached hydrogens (tertiary/aromatic N) is 1. The summed E-state index contributed by atoms with van der Waals surface area (Å²) in [5.41, 5.74) is 2.76. The Labute approximate surface area is 185 Å². The third kappa shape index (κ3) is 4.81. The normalized spacial score (nSPS) is 13.1. The van der Waals surface area contributed by atoms with Gasteiger partial charge in [0.2, 0.25) is 0 Å². The Morgan fingerprint density at radius 3 is 2.77 bits per heavy atom. The molecule has 1 aliphatic rings. The standard InChI is InChI=1S/C24H21ClN2O4/c1-30-19-6-4-5-16(11-19)13-27-14-17-12-18(9-10-22(17)31-15-23(27)28)26-24(29)20-7-2-3-8-21(20)25/h2-12H,13-15H2,1H3,(H,26,29). The average molecular weight is 437 g/mol. The van der Waals surface area contributed by atoms with Gasteiger partial charge >= 0.3 is 0 Å². The van der Waals surface area contributed by atoms with Crippen LogP contribution in [0.15, 0.2) is 66.7 Å². The lowest BCUT2D eigenvalue weighted by Crippen LogP contribution is -2.31. The van der Waals surface area contributed by atoms with E-state index in [1.165, 1.54) is 0 Å². The van der Waals surface area contributed by atoms with Crippen molar-refractivity contribution in [3.63, 3.8) is 0 Å². The lowest BCUT2D eigenvalue weighted by Gasteiger charge is -2.20. The first kappa shape index (κ1) is 20.8. The van der Waals surface area contributed by atoms with Gasteiger partial charge in [-0.15, -0.1) is 0 Å². The zero-order chi connectivity index (χ0) is 21.8. The fourth-order valence-electron chi connectivity index (χ4n) is 3.43.